The summed E-state index contributed by atoms with van der Waals surface area (Å²) < 4.78 is 24.2. The van der Waals surface area contributed by atoms with E-state index in [1.807, 2.05) is 6.92 Å². The van der Waals surface area contributed by atoms with Crippen molar-refractivity contribution in [2.24, 2.45) is 5.73 Å². The molecule has 0 aromatic carbocycles. The summed E-state index contributed by atoms with van der Waals surface area (Å²) in [5, 5.41) is 0. The van der Waals surface area contributed by atoms with Crippen molar-refractivity contribution in [3.63, 3.8) is 0 Å². The summed E-state index contributed by atoms with van der Waals surface area (Å²) in [5.74, 6) is 0.0920. The van der Waals surface area contributed by atoms with Crippen LogP contribution < -0.4 is 5.73 Å². The number of rotatable bonds is 3. The molecule has 13 heavy (non-hydrogen) atoms. The van der Waals surface area contributed by atoms with E-state index in [1.165, 1.54) is 16.1 Å². The van der Waals surface area contributed by atoms with Gasteiger partial charge in [0.25, 0.3) is 0 Å². The molecule has 0 aromatic rings. The molecule has 1 aliphatic heterocycles. The molecule has 1 atom stereocenters. The van der Waals surface area contributed by atoms with E-state index in [0.29, 0.717) is 0 Å². The van der Waals surface area contributed by atoms with E-state index in [9.17, 15) is 8.42 Å². The Morgan fingerprint density at radius 1 is 1.62 bits per heavy atom. The number of allylic oxidation sites excluding steroid dienone is 1. The van der Waals surface area contributed by atoms with Crippen LogP contribution in [0.1, 0.15) is 20.3 Å². The molecule has 0 radical (unpaired) electrons. The molecule has 1 rings (SSSR count). The molecule has 2 N–H and O–H groups in total. The minimum absolute atomic E-state index is 0.0920. The van der Waals surface area contributed by atoms with Crippen molar-refractivity contribution in [1.82, 2.24) is 4.31 Å². The van der Waals surface area contributed by atoms with Gasteiger partial charge >= 0.3 is 0 Å². The highest BCUT2D eigenvalue weighted by molar-refractivity contribution is 8.04. The SMILES string of the molecule is CCC1=CN(S(=O)(=O)CC)C(N)S1. The minimum atomic E-state index is -3.18. The fraction of sp³-hybridized carbons (Fsp3) is 0.714. The molecule has 0 aliphatic carbocycles. The Morgan fingerprint density at radius 3 is 2.62 bits per heavy atom. The van der Waals surface area contributed by atoms with Gasteiger partial charge in [0, 0.05) is 11.1 Å². The predicted molar refractivity (Wildman–Crippen MR) is 55.2 cm³/mol. The molecule has 0 amide bonds. The third-order valence-electron chi connectivity index (χ3n) is 1.83. The zero-order chi connectivity index (χ0) is 10.1. The lowest BCUT2D eigenvalue weighted by Gasteiger charge is -2.19. The van der Waals surface area contributed by atoms with Crippen LogP contribution in [0.2, 0.25) is 0 Å². The normalized spacial score (nSPS) is 23.5. The monoisotopic (exact) mass is 222 g/mol. The van der Waals surface area contributed by atoms with Gasteiger partial charge in [0.05, 0.1) is 5.75 Å². The first-order valence-electron chi connectivity index (χ1n) is 4.15. The van der Waals surface area contributed by atoms with Crippen LogP contribution in [0.3, 0.4) is 0 Å². The van der Waals surface area contributed by atoms with E-state index in [2.05, 4.69) is 0 Å². The zero-order valence-corrected chi connectivity index (χ0v) is 9.36. The van der Waals surface area contributed by atoms with Crippen LogP contribution in [0.4, 0.5) is 0 Å². The maximum absolute atomic E-state index is 11.5. The second kappa shape index (κ2) is 3.89. The molecule has 1 unspecified atom stereocenters. The number of hydrogen-bond acceptors (Lipinski definition) is 4. The van der Waals surface area contributed by atoms with Crippen LogP contribution in [-0.4, -0.2) is 24.0 Å². The van der Waals surface area contributed by atoms with Crippen LogP contribution in [-0.2, 0) is 10.0 Å². The topological polar surface area (TPSA) is 63.4 Å². The van der Waals surface area contributed by atoms with E-state index < -0.39 is 15.5 Å². The number of nitrogens with zero attached hydrogens (tertiary/aromatic N) is 1. The van der Waals surface area contributed by atoms with Crippen LogP contribution >= 0.6 is 11.8 Å². The summed E-state index contributed by atoms with van der Waals surface area (Å²) in [5.41, 5.74) is 5.19. The third-order valence-corrected chi connectivity index (χ3v) is 4.83. The fourth-order valence-corrected chi connectivity index (χ4v) is 3.32. The summed E-state index contributed by atoms with van der Waals surface area (Å²) in [7, 11) is -3.18. The van der Waals surface area contributed by atoms with Crippen LogP contribution in [0.5, 0.6) is 0 Å². The van der Waals surface area contributed by atoms with Crippen molar-refractivity contribution in [3.05, 3.63) is 11.1 Å². The molecule has 6 heteroatoms. The predicted octanol–water partition coefficient (Wildman–Crippen LogP) is 0.879. The van der Waals surface area contributed by atoms with E-state index in [4.69, 9.17) is 5.73 Å². The van der Waals surface area contributed by atoms with Crippen LogP contribution in [0, 0.1) is 0 Å². The average molecular weight is 222 g/mol. The second-order valence-electron chi connectivity index (χ2n) is 2.69. The van der Waals surface area contributed by atoms with E-state index >= 15 is 0 Å². The summed E-state index contributed by atoms with van der Waals surface area (Å²) in [4.78, 5) is 1.02. The Morgan fingerprint density at radius 2 is 2.23 bits per heavy atom. The Balaban J connectivity index is 2.89. The molecule has 0 saturated carbocycles. The lowest BCUT2D eigenvalue weighted by atomic mass is 10.5. The molecule has 0 fully saturated rings. The van der Waals surface area contributed by atoms with Crippen molar-refractivity contribution in [2.45, 2.75) is 25.8 Å². The number of nitrogens with two attached hydrogens (primary N) is 1. The minimum Gasteiger partial charge on any atom is -0.301 e. The smallest absolute Gasteiger partial charge is 0.236 e. The molecule has 76 valence electrons. The first-order chi connectivity index (χ1) is 6.01. The van der Waals surface area contributed by atoms with Gasteiger partial charge < -0.3 is 5.73 Å². The Hall–Kier alpha value is -0.200. The van der Waals surface area contributed by atoms with E-state index in [1.54, 1.807) is 13.1 Å². The highest BCUT2D eigenvalue weighted by Crippen LogP contribution is 2.33. The van der Waals surface area contributed by atoms with Gasteiger partial charge in [0.1, 0.15) is 5.50 Å². The fourth-order valence-electron chi connectivity index (χ4n) is 1.02. The van der Waals surface area contributed by atoms with Gasteiger partial charge in [-0.3, -0.25) is 4.31 Å². The first-order valence-corrected chi connectivity index (χ1v) is 6.64. The molecular formula is C7H14N2O2S2. The van der Waals surface area contributed by atoms with Gasteiger partial charge in [0.15, 0.2) is 0 Å². The molecule has 4 nitrogen and oxygen atoms in total. The first kappa shape index (κ1) is 10.9. The number of sulfonamides is 1. The maximum Gasteiger partial charge on any atom is 0.236 e. The second-order valence-corrected chi connectivity index (χ2v) is 6.09. The van der Waals surface area contributed by atoms with Crippen LogP contribution in [0.15, 0.2) is 11.1 Å². The largest absolute Gasteiger partial charge is 0.301 e. The highest BCUT2D eigenvalue weighted by atomic mass is 32.2. The van der Waals surface area contributed by atoms with Crippen molar-refractivity contribution >= 4 is 21.8 Å². The van der Waals surface area contributed by atoms with E-state index in [-0.39, 0.29) is 5.75 Å². The van der Waals surface area contributed by atoms with Crippen LogP contribution in [0.25, 0.3) is 0 Å². The Bertz CT molecular complexity index is 310. The molecular weight excluding hydrogens is 208 g/mol. The van der Waals surface area contributed by atoms with Gasteiger partial charge in [-0.1, -0.05) is 18.7 Å². The van der Waals surface area contributed by atoms with Crippen molar-refractivity contribution < 1.29 is 8.42 Å². The standard InChI is InChI=1S/C7H14N2O2S2/c1-3-6-5-9(7(8)12-6)13(10,11)4-2/h5,7H,3-4,8H2,1-2H3. The highest BCUT2D eigenvalue weighted by Gasteiger charge is 2.29. The van der Waals surface area contributed by atoms with Gasteiger partial charge in [-0.15, -0.1) is 0 Å². The van der Waals surface area contributed by atoms with Gasteiger partial charge in [0.2, 0.25) is 10.0 Å². The van der Waals surface area contributed by atoms with E-state index in [0.717, 1.165) is 11.3 Å². The average Bonchev–Trinajstić information content (AvgIpc) is 2.47. The van der Waals surface area contributed by atoms with Gasteiger partial charge in [-0.2, -0.15) is 0 Å². The third kappa shape index (κ3) is 2.18. The zero-order valence-electron chi connectivity index (χ0n) is 7.73. The van der Waals surface area contributed by atoms with Crippen molar-refractivity contribution in [1.29, 1.82) is 0 Å². The lowest BCUT2D eigenvalue weighted by Crippen LogP contribution is -2.38. The molecule has 0 saturated heterocycles. The maximum atomic E-state index is 11.5. The lowest BCUT2D eigenvalue weighted by molar-refractivity contribution is 0.493. The molecule has 1 heterocycles. The Labute approximate surface area is 83.2 Å². The summed E-state index contributed by atoms with van der Waals surface area (Å²) in [6.07, 6.45) is 2.46. The molecule has 0 aromatic heterocycles. The summed E-state index contributed by atoms with van der Waals surface area (Å²) >= 11 is 1.40. The van der Waals surface area contributed by atoms with Gasteiger partial charge in [-0.25, -0.2) is 8.42 Å². The molecule has 1 aliphatic rings. The van der Waals surface area contributed by atoms with Crippen molar-refractivity contribution in [2.75, 3.05) is 5.75 Å². The summed E-state index contributed by atoms with van der Waals surface area (Å²) in [6.45, 7) is 3.60. The Kier molecular flexibility index (Phi) is 3.26. The molecule has 0 spiro atoms. The van der Waals surface area contributed by atoms with Crippen molar-refractivity contribution in [3.8, 4) is 0 Å². The van der Waals surface area contributed by atoms with Gasteiger partial charge in [-0.05, 0) is 13.3 Å². The number of thioether (sulfide) groups is 1. The number of hydrogen-bond donors (Lipinski definition) is 1. The molecule has 0 bridgehead atoms. The quantitative estimate of drug-likeness (QED) is 0.770. The summed E-state index contributed by atoms with van der Waals surface area (Å²) in [6, 6.07) is 0.